The summed E-state index contributed by atoms with van der Waals surface area (Å²) in [6.45, 7) is 4.19. The minimum absolute atomic E-state index is 0.0675. The van der Waals surface area contributed by atoms with E-state index >= 15 is 0 Å². The highest BCUT2D eigenvalue weighted by molar-refractivity contribution is 6.31. The molecule has 2 aliphatic heterocycles. The minimum Gasteiger partial charge on any atom is -0.469 e. The Morgan fingerprint density at radius 1 is 1.00 bits per heavy atom. The largest absolute Gasteiger partial charge is 0.469 e. The van der Waals surface area contributed by atoms with Crippen LogP contribution in [0.15, 0.2) is 0 Å². The van der Waals surface area contributed by atoms with Crippen molar-refractivity contribution in [2.24, 2.45) is 0 Å². The van der Waals surface area contributed by atoms with E-state index in [2.05, 4.69) is 30.1 Å². The predicted molar refractivity (Wildman–Crippen MR) is 98.2 cm³/mol. The second-order valence-electron chi connectivity index (χ2n) is 6.47. The van der Waals surface area contributed by atoms with Gasteiger partial charge in [0.25, 0.3) is 12.3 Å². The number of alkyl halides is 2. The predicted octanol–water partition coefficient (Wildman–Crippen LogP) is 1.73. The normalized spacial score (nSPS) is 17.9. The molecular formula is C16H20ClF2N7O. The molecule has 0 spiro atoms. The number of anilines is 2. The molecular weight excluding hydrogens is 380 g/mol. The highest BCUT2D eigenvalue weighted by atomic mass is 35.5. The second kappa shape index (κ2) is 7.89. The van der Waals surface area contributed by atoms with Crippen LogP contribution in [0.3, 0.4) is 0 Å². The lowest BCUT2D eigenvalue weighted by molar-refractivity contribution is 0.0796. The van der Waals surface area contributed by atoms with Crippen LogP contribution in [0.25, 0.3) is 11.2 Å². The van der Waals surface area contributed by atoms with Crippen LogP contribution in [-0.4, -0.2) is 72.2 Å². The van der Waals surface area contributed by atoms with E-state index in [0.29, 0.717) is 22.9 Å². The van der Waals surface area contributed by atoms with Crippen molar-refractivity contribution in [3.63, 3.8) is 0 Å². The number of hydrogen-bond acceptors (Lipinski definition) is 8. The van der Waals surface area contributed by atoms with E-state index in [1.807, 2.05) is 0 Å². The molecule has 4 heterocycles. The Kier molecular flexibility index (Phi) is 5.35. The number of halogens is 3. The summed E-state index contributed by atoms with van der Waals surface area (Å²) in [5.41, 5.74) is 0.763. The molecule has 146 valence electrons. The molecule has 0 aliphatic carbocycles. The Bertz CT molecular complexity index is 813. The first-order valence-corrected chi connectivity index (χ1v) is 9.36. The molecule has 27 heavy (non-hydrogen) atoms. The van der Waals surface area contributed by atoms with Crippen molar-refractivity contribution in [3.8, 4) is 5.88 Å². The highest BCUT2D eigenvalue weighted by Crippen LogP contribution is 2.31. The van der Waals surface area contributed by atoms with Gasteiger partial charge in [-0.05, 0) is 12.8 Å². The van der Waals surface area contributed by atoms with Crippen molar-refractivity contribution in [3.05, 3.63) is 5.15 Å². The summed E-state index contributed by atoms with van der Waals surface area (Å²) in [5.74, 6) is 1.10. The molecule has 2 saturated heterocycles. The third kappa shape index (κ3) is 3.96. The number of fused-ring (bicyclic) bond motifs is 1. The van der Waals surface area contributed by atoms with Crippen LogP contribution in [0.1, 0.15) is 12.8 Å². The van der Waals surface area contributed by atoms with E-state index in [0.717, 1.165) is 52.1 Å². The van der Waals surface area contributed by atoms with Gasteiger partial charge in [-0.3, -0.25) is 0 Å². The van der Waals surface area contributed by atoms with E-state index in [1.165, 1.54) is 0 Å². The zero-order valence-corrected chi connectivity index (χ0v) is 15.4. The van der Waals surface area contributed by atoms with E-state index in [9.17, 15) is 8.78 Å². The van der Waals surface area contributed by atoms with Gasteiger partial charge in [-0.15, -0.1) is 0 Å². The van der Waals surface area contributed by atoms with Crippen LogP contribution in [0, 0.1) is 0 Å². The molecule has 11 heteroatoms. The summed E-state index contributed by atoms with van der Waals surface area (Å²) in [6, 6.07) is 0. The van der Waals surface area contributed by atoms with Crippen molar-refractivity contribution in [1.82, 2.24) is 25.3 Å². The van der Waals surface area contributed by atoms with Gasteiger partial charge in [0, 0.05) is 39.3 Å². The smallest absolute Gasteiger partial charge is 0.272 e. The fraction of sp³-hybridized carbons (Fsp3) is 0.625. The molecule has 2 aromatic heterocycles. The monoisotopic (exact) mass is 399 g/mol. The van der Waals surface area contributed by atoms with Crippen molar-refractivity contribution in [2.75, 3.05) is 55.7 Å². The van der Waals surface area contributed by atoms with Gasteiger partial charge in [0.15, 0.2) is 28.7 Å². The first-order chi connectivity index (χ1) is 13.1. The lowest BCUT2D eigenvalue weighted by Crippen LogP contribution is -2.44. The van der Waals surface area contributed by atoms with E-state index in [-0.39, 0.29) is 11.0 Å². The van der Waals surface area contributed by atoms with Crippen LogP contribution in [0.5, 0.6) is 5.88 Å². The SMILES string of the molecule is FC(F)COc1nc2nc(N3CCNCC3)nc(N3CCCC3)c2nc1Cl. The third-order valence-electron chi connectivity index (χ3n) is 4.58. The van der Waals surface area contributed by atoms with Gasteiger partial charge in [0.2, 0.25) is 5.95 Å². The van der Waals surface area contributed by atoms with Crippen molar-refractivity contribution >= 4 is 34.5 Å². The summed E-state index contributed by atoms with van der Waals surface area (Å²) in [6.07, 6.45) is -0.475. The Morgan fingerprint density at radius 2 is 1.74 bits per heavy atom. The zero-order chi connectivity index (χ0) is 18.8. The molecule has 4 rings (SSSR count). The maximum absolute atomic E-state index is 12.5. The van der Waals surface area contributed by atoms with Crippen LogP contribution in [-0.2, 0) is 0 Å². The number of rotatable bonds is 5. The van der Waals surface area contributed by atoms with Crippen LogP contribution >= 0.6 is 11.6 Å². The minimum atomic E-state index is -2.62. The highest BCUT2D eigenvalue weighted by Gasteiger charge is 2.24. The van der Waals surface area contributed by atoms with Gasteiger partial charge in [-0.25, -0.2) is 13.8 Å². The Morgan fingerprint density at radius 3 is 2.44 bits per heavy atom. The molecule has 0 bridgehead atoms. The van der Waals surface area contributed by atoms with Crippen LogP contribution < -0.4 is 19.9 Å². The Balaban J connectivity index is 1.78. The van der Waals surface area contributed by atoms with E-state index < -0.39 is 13.0 Å². The quantitative estimate of drug-likeness (QED) is 0.814. The maximum Gasteiger partial charge on any atom is 0.272 e. The molecule has 0 radical (unpaired) electrons. The van der Waals surface area contributed by atoms with Gasteiger partial charge in [-0.1, -0.05) is 11.6 Å². The van der Waals surface area contributed by atoms with Gasteiger partial charge in [0.05, 0.1) is 0 Å². The van der Waals surface area contributed by atoms with Gasteiger partial charge >= 0.3 is 0 Å². The standard InChI is InChI=1S/C16H20ClF2N7O/c17-12-15(27-9-10(18)19)22-13-11(21-12)14(25-5-1-2-6-25)24-16(23-13)26-7-3-20-4-8-26/h10,20H,1-9H2. The number of aromatic nitrogens is 4. The fourth-order valence-corrected chi connectivity index (χ4v) is 3.46. The van der Waals surface area contributed by atoms with Gasteiger partial charge < -0.3 is 19.9 Å². The first kappa shape index (κ1) is 18.3. The second-order valence-corrected chi connectivity index (χ2v) is 6.83. The summed E-state index contributed by atoms with van der Waals surface area (Å²) < 4.78 is 30.0. The third-order valence-corrected chi connectivity index (χ3v) is 4.83. The summed E-state index contributed by atoms with van der Waals surface area (Å²) in [7, 11) is 0. The number of hydrogen-bond donors (Lipinski definition) is 1. The summed E-state index contributed by atoms with van der Waals surface area (Å²) in [5, 5.41) is 3.22. The number of nitrogens with one attached hydrogen (secondary N) is 1. The number of piperazine rings is 1. The lowest BCUT2D eigenvalue weighted by Gasteiger charge is -2.28. The molecule has 2 fully saturated rings. The molecule has 0 aromatic carbocycles. The van der Waals surface area contributed by atoms with Crippen molar-refractivity contribution in [1.29, 1.82) is 0 Å². The van der Waals surface area contributed by atoms with Crippen LogP contribution in [0.2, 0.25) is 5.15 Å². The molecule has 0 amide bonds. The first-order valence-electron chi connectivity index (χ1n) is 8.98. The van der Waals surface area contributed by atoms with Gasteiger partial charge in [-0.2, -0.15) is 15.0 Å². The molecule has 0 saturated carbocycles. The van der Waals surface area contributed by atoms with Crippen LogP contribution in [0.4, 0.5) is 20.5 Å². The summed E-state index contributed by atoms with van der Waals surface area (Å²) >= 11 is 6.12. The molecule has 0 atom stereocenters. The van der Waals surface area contributed by atoms with E-state index in [1.54, 1.807) is 0 Å². The number of ether oxygens (including phenoxy) is 1. The average Bonchev–Trinajstić information content (AvgIpc) is 3.21. The zero-order valence-electron chi connectivity index (χ0n) is 14.7. The van der Waals surface area contributed by atoms with Gasteiger partial charge in [0.1, 0.15) is 0 Å². The Labute approximate surface area is 159 Å². The Hall–Kier alpha value is -2.07. The number of nitrogens with zero attached hydrogens (tertiary/aromatic N) is 6. The molecule has 8 nitrogen and oxygen atoms in total. The molecule has 0 unspecified atom stereocenters. The topological polar surface area (TPSA) is 79.3 Å². The van der Waals surface area contributed by atoms with Crippen molar-refractivity contribution in [2.45, 2.75) is 19.3 Å². The maximum atomic E-state index is 12.5. The van der Waals surface area contributed by atoms with E-state index in [4.69, 9.17) is 21.3 Å². The molecule has 2 aromatic rings. The average molecular weight is 400 g/mol. The van der Waals surface area contributed by atoms with Crippen molar-refractivity contribution < 1.29 is 13.5 Å². The molecule has 1 N–H and O–H groups in total. The molecule has 2 aliphatic rings. The lowest BCUT2D eigenvalue weighted by atomic mass is 10.3. The fourth-order valence-electron chi connectivity index (χ4n) is 3.28. The summed E-state index contributed by atoms with van der Waals surface area (Å²) in [4.78, 5) is 22.1.